The number of ether oxygens (including phenoxy) is 3. The van der Waals surface area contributed by atoms with E-state index in [1.807, 2.05) is 20.8 Å². The summed E-state index contributed by atoms with van der Waals surface area (Å²) in [5, 5.41) is 0. The molecule has 1 heterocycles. The summed E-state index contributed by atoms with van der Waals surface area (Å²) in [5.74, 6) is -0.575. The molecular weight excluding hydrogens is 364 g/mol. The second-order valence-electron chi connectivity index (χ2n) is 6.81. The Morgan fingerprint density at radius 3 is 2.46 bits per heavy atom. The third kappa shape index (κ3) is 4.68. The first-order valence-electron chi connectivity index (χ1n) is 9.45. The molecule has 4 nitrogen and oxygen atoms in total. The zero-order chi connectivity index (χ0) is 20.1. The van der Waals surface area contributed by atoms with Gasteiger partial charge in [-0.2, -0.15) is 0 Å². The summed E-state index contributed by atoms with van der Waals surface area (Å²) < 4.78 is 44.6. The van der Waals surface area contributed by atoms with Gasteiger partial charge in [0.15, 0.2) is 0 Å². The van der Waals surface area contributed by atoms with Crippen LogP contribution in [0.4, 0.5) is 8.78 Å². The third-order valence-electron chi connectivity index (χ3n) is 4.57. The van der Waals surface area contributed by atoms with Crippen LogP contribution in [0.15, 0.2) is 35.3 Å². The molecule has 150 valence electrons. The maximum atomic E-state index is 13.9. The first-order valence-corrected chi connectivity index (χ1v) is 9.45. The second kappa shape index (κ2) is 9.15. The summed E-state index contributed by atoms with van der Waals surface area (Å²) in [6.07, 6.45) is 0.855. The van der Waals surface area contributed by atoms with Gasteiger partial charge >= 0.3 is 0 Å². The Morgan fingerprint density at radius 1 is 1.14 bits per heavy atom. The summed E-state index contributed by atoms with van der Waals surface area (Å²) in [7, 11) is 0. The highest BCUT2D eigenvalue weighted by atomic mass is 19.1. The fourth-order valence-electron chi connectivity index (χ4n) is 3.27. The van der Waals surface area contributed by atoms with Crippen LogP contribution in [0, 0.1) is 25.5 Å². The average Bonchev–Trinajstić information content (AvgIpc) is 3.09. The van der Waals surface area contributed by atoms with Crippen molar-refractivity contribution in [2.45, 2.75) is 33.2 Å². The molecule has 2 aromatic rings. The maximum absolute atomic E-state index is 13.9. The van der Waals surface area contributed by atoms with Crippen molar-refractivity contribution in [3.63, 3.8) is 0 Å². The van der Waals surface area contributed by atoms with Gasteiger partial charge in [0.1, 0.15) is 42.2 Å². The van der Waals surface area contributed by atoms with Crippen LogP contribution in [0.25, 0.3) is 0 Å². The van der Waals surface area contributed by atoms with Gasteiger partial charge in [-0.25, -0.2) is 13.8 Å². The van der Waals surface area contributed by atoms with Crippen molar-refractivity contribution in [2.75, 3.05) is 26.4 Å². The van der Waals surface area contributed by atoms with Crippen LogP contribution >= 0.6 is 0 Å². The zero-order valence-electron chi connectivity index (χ0n) is 16.4. The molecule has 2 aromatic carbocycles. The van der Waals surface area contributed by atoms with Gasteiger partial charge < -0.3 is 14.2 Å². The molecule has 0 N–H and O–H groups in total. The van der Waals surface area contributed by atoms with E-state index in [1.54, 1.807) is 0 Å². The standard InChI is InChI=1S/C22H25F2NO3/c1-4-26-9-8-16-10-14(2)21(15(3)11-16)27-12-17-13-28-22(25-17)20-18(23)6-5-7-19(20)24/h5-7,10-11,17H,4,8-9,12-13H2,1-3H3. The SMILES string of the molecule is CCOCCc1cc(C)c(OCC2COC(c3c(F)cccc3F)=N2)c(C)c1. The minimum atomic E-state index is -0.686. The van der Waals surface area contributed by atoms with E-state index in [1.165, 1.54) is 23.8 Å². The van der Waals surface area contributed by atoms with Gasteiger partial charge in [-0.1, -0.05) is 18.2 Å². The number of aryl methyl sites for hydroxylation is 2. The second-order valence-corrected chi connectivity index (χ2v) is 6.81. The smallest absolute Gasteiger partial charge is 0.222 e. The summed E-state index contributed by atoms with van der Waals surface area (Å²) in [6, 6.07) is 7.56. The Morgan fingerprint density at radius 2 is 1.82 bits per heavy atom. The molecule has 0 bridgehead atoms. The van der Waals surface area contributed by atoms with Crippen molar-refractivity contribution in [3.05, 3.63) is 64.2 Å². The van der Waals surface area contributed by atoms with Gasteiger partial charge in [0.25, 0.3) is 0 Å². The fraction of sp³-hybridized carbons (Fsp3) is 0.409. The quantitative estimate of drug-likeness (QED) is 0.629. The molecule has 0 radical (unpaired) electrons. The lowest BCUT2D eigenvalue weighted by molar-refractivity contribution is 0.151. The van der Waals surface area contributed by atoms with E-state index in [9.17, 15) is 8.78 Å². The highest BCUT2D eigenvalue weighted by molar-refractivity contribution is 5.95. The van der Waals surface area contributed by atoms with Crippen molar-refractivity contribution in [3.8, 4) is 5.75 Å². The number of benzene rings is 2. The van der Waals surface area contributed by atoms with Gasteiger partial charge in [0.05, 0.1) is 6.61 Å². The van der Waals surface area contributed by atoms with E-state index >= 15 is 0 Å². The van der Waals surface area contributed by atoms with Gasteiger partial charge in [-0.15, -0.1) is 0 Å². The number of aliphatic imine (C=N–C) groups is 1. The number of hydrogen-bond donors (Lipinski definition) is 0. The fourth-order valence-corrected chi connectivity index (χ4v) is 3.27. The molecule has 0 saturated carbocycles. The van der Waals surface area contributed by atoms with Gasteiger partial charge in [-0.3, -0.25) is 0 Å². The third-order valence-corrected chi connectivity index (χ3v) is 4.57. The Labute approximate surface area is 164 Å². The first kappa shape index (κ1) is 20.3. The molecule has 1 unspecified atom stereocenters. The number of rotatable bonds is 8. The minimum Gasteiger partial charge on any atom is -0.491 e. The average molecular weight is 389 g/mol. The van der Waals surface area contributed by atoms with Crippen LogP contribution < -0.4 is 4.74 Å². The largest absolute Gasteiger partial charge is 0.491 e. The van der Waals surface area contributed by atoms with Crippen LogP contribution in [-0.4, -0.2) is 38.4 Å². The van der Waals surface area contributed by atoms with Crippen molar-refractivity contribution in [2.24, 2.45) is 4.99 Å². The van der Waals surface area contributed by atoms with E-state index in [4.69, 9.17) is 14.2 Å². The van der Waals surface area contributed by atoms with Crippen LogP contribution in [-0.2, 0) is 15.9 Å². The lowest BCUT2D eigenvalue weighted by atomic mass is 10.0. The predicted octanol–water partition coefficient (Wildman–Crippen LogP) is 4.39. The molecule has 1 aliphatic heterocycles. The van der Waals surface area contributed by atoms with E-state index in [2.05, 4.69) is 17.1 Å². The summed E-state index contributed by atoms with van der Waals surface area (Å²) >= 11 is 0. The van der Waals surface area contributed by atoms with Gasteiger partial charge in [-0.05, 0) is 56.0 Å². The van der Waals surface area contributed by atoms with E-state index in [0.29, 0.717) is 13.2 Å². The minimum absolute atomic E-state index is 0.0103. The molecule has 28 heavy (non-hydrogen) atoms. The Bertz CT molecular complexity index is 824. The maximum Gasteiger partial charge on any atom is 0.222 e. The lowest BCUT2D eigenvalue weighted by Crippen LogP contribution is -2.18. The molecular formula is C22H25F2NO3. The Kier molecular flexibility index (Phi) is 6.62. The number of nitrogens with zero attached hydrogens (tertiary/aromatic N) is 1. The van der Waals surface area contributed by atoms with Crippen LogP contribution in [0.1, 0.15) is 29.2 Å². The molecule has 0 amide bonds. The van der Waals surface area contributed by atoms with Crippen LogP contribution in [0.2, 0.25) is 0 Å². The topological polar surface area (TPSA) is 40.0 Å². The van der Waals surface area contributed by atoms with Crippen molar-refractivity contribution < 1.29 is 23.0 Å². The van der Waals surface area contributed by atoms with Crippen molar-refractivity contribution >= 4 is 5.90 Å². The normalized spacial score (nSPS) is 16.0. The number of halogens is 2. The van der Waals surface area contributed by atoms with Crippen molar-refractivity contribution in [1.29, 1.82) is 0 Å². The zero-order valence-corrected chi connectivity index (χ0v) is 16.4. The van der Waals surface area contributed by atoms with Gasteiger partial charge in [0, 0.05) is 6.61 Å². The van der Waals surface area contributed by atoms with E-state index < -0.39 is 11.6 Å². The van der Waals surface area contributed by atoms with E-state index in [0.717, 1.165) is 23.3 Å². The highest BCUT2D eigenvalue weighted by Gasteiger charge is 2.25. The summed E-state index contributed by atoms with van der Waals surface area (Å²) in [5.41, 5.74) is 3.05. The summed E-state index contributed by atoms with van der Waals surface area (Å²) in [6.45, 7) is 7.89. The van der Waals surface area contributed by atoms with E-state index in [-0.39, 0.29) is 30.7 Å². The first-order chi connectivity index (χ1) is 13.5. The molecule has 3 rings (SSSR count). The molecule has 1 aliphatic rings. The monoisotopic (exact) mass is 389 g/mol. The molecule has 0 fully saturated rings. The predicted molar refractivity (Wildman–Crippen MR) is 104 cm³/mol. The van der Waals surface area contributed by atoms with Crippen LogP contribution in [0.5, 0.6) is 5.75 Å². The molecule has 0 aliphatic carbocycles. The lowest BCUT2D eigenvalue weighted by Gasteiger charge is -2.15. The number of hydrogen-bond acceptors (Lipinski definition) is 4. The Hall–Kier alpha value is -2.47. The van der Waals surface area contributed by atoms with Gasteiger partial charge in [0.2, 0.25) is 5.90 Å². The molecule has 1 atom stereocenters. The van der Waals surface area contributed by atoms with Crippen molar-refractivity contribution in [1.82, 2.24) is 0 Å². The molecule has 0 spiro atoms. The highest BCUT2D eigenvalue weighted by Crippen LogP contribution is 2.26. The summed E-state index contributed by atoms with van der Waals surface area (Å²) in [4.78, 5) is 4.29. The Balaban J connectivity index is 1.65. The molecule has 6 heteroatoms. The molecule has 0 saturated heterocycles. The molecule has 0 aromatic heterocycles. The van der Waals surface area contributed by atoms with Crippen LogP contribution in [0.3, 0.4) is 0 Å².